The van der Waals surface area contributed by atoms with Crippen molar-refractivity contribution in [1.29, 1.82) is 0 Å². The second kappa shape index (κ2) is 8.41. The van der Waals surface area contributed by atoms with Crippen LogP contribution in [0, 0.1) is 19.6 Å². The fraction of sp³-hybridized carbons (Fsp3) is 0.294. The van der Waals surface area contributed by atoms with Gasteiger partial charge < -0.3 is 4.42 Å². The molecule has 0 N–H and O–H groups in total. The number of fused-ring (bicyclic) bond motifs is 6. The summed E-state index contributed by atoms with van der Waals surface area (Å²) < 4.78 is 71.7. The molecule has 4 aromatic carbocycles. The van der Waals surface area contributed by atoms with Gasteiger partial charge in [0.05, 0.1) is 11.1 Å². The molecule has 0 unspecified atom stereocenters. The molecule has 6 rings (SSSR count). The third kappa shape index (κ3) is 4.07. The molecule has 6 aromatic rings. The van der Waals surface area contributed by atoms with Gasteiger partial charge in [-0.05, 0) is 76.9 Å². The highest BCUT2D eigenvalue weighted by molar-refractivity contribution is 6.18. The predicted molar refractivity (Wildman–Crippen MR) is 156 cm³/mol. The topological polar surface area (TPSA) is 38.9 Å². The van der Waals surface area contributed by atoms with E-state index in [0.29, 0.717) is 38.6 Å². The Hall–Kier alpha value is -3.72. The monoisotopic (exact) mass is 494 g/mol. The van der Waals surface area contributed by atoms with Gasteiger partial charge in [0.15, 0.2) is 0 Å². The third-order valence-corrected chi connectivity index (χ3v) is 6.80. The van der Waals surface area contributed by atoms with Crippen molar-refractivity contribution < 1.29 is 15.4 Å². The first-order valence-corrected chi connectivity index (χ1v) is 12.5. The Morgan fingerprint density at radius 3 is 2.43 bits per heavy atom. The molecule has 0 bridgehead atoms. The smallest absolute Gasteiger partial charge is 0.231 e. The van der Waals surface area contributed by atoms with E-state index in [9.17, 15) is 0 Å². The number of hydrogen-bond donors (Lipinski definition) is 0. The van der Waals surface area contributed by atoms with Crippen molar-refractivity contribution in [3.63, 3.8) is 0 Å². The molecule has 0 saturated carbocycles. The van der Waals surface area contributed by atoms with Crippen molar-refractivity contribution in [3.05, 3.63) is 83.2 Å². The van der Waals surface area contributed by atoms with Crippen LogP contribution in [0.3, 0.4) is 0 Å². The van der Waals surface area contributed by atoms with Crippen LogP contribution in [0.1, 0.15) is 68.1 Å². The minimum Gasteiger partial charge on any atom is -0.437 e. The van der Waals surface area contributed by atoms with E-state index in [1.807, 2.05) is 56.3 Å². The fourth-order valence-electron chi connectivity index (χ4n) is 5.22. The zero-order chi connectivity index (χ0) is 32.9. The second-order valence-electron chi connectivity index (χ2n) is 11.1. The Kier molecular flexibility index (Phi) is 3.68. The molecule has 0 amide bonds. The lowest BCUT2D eigenvalue weighted by Gasteiger charge is -2.23. The molecule has 0 aliphatic rings. The van der Waals surface area contributed by atoms with Crippen LogP contribution in [0.4, 0.5) is 0 Å². The average Bonchev–Trinajstić information content (AvgIpc) is 3.33. The number of aromatic nitrogens is 2. The van der Waals surface area contributed by atoms with Crippen LogP contribution in [-0.2, 0) is 11.8 Å². The minimum absolute atomic E-state index is 0.129. The standard InChI is InChI=1S/C34H34N2O/c1-19(2)14-22-9-12-27-23(16-22)10-13-28-30-31(35-21(4)36-33(30)37-32(27)28)25-17-24-15-20(3)8-11-26(24)29(18-25)34(5,6)7/h8-13,15-19H,14H2,1-7H3/i3D3,4D3,14D2. The molecule has 186 valence electrons. The van der Waals surface area contributed by atoms with Gasteiger partial charge in [-0.1, -0.05) is 82.6 Å². The Labute approximate surface area is 229 Å². The minimum atomic E-state index is -2.61. The van der Waals surface area contributed by atoms with Gasteiger partial charge in [-0.25, -0.2) is 4.98 Å². The number of nitrogens with zero attached hydrogens (tertiary/aromatic N) is 2. The summed E-state index contributed by atoms with van der Waals surface area (Å²) in [7, 11) is 0. The quantitative estimate of drug-likeness (QED) is 0.246. The number of aryl methyl sites for hydroxylation is 2. The normalized spacial score (nSPS) is 16.8. The van der Waals surface area contributed by atoms with Gasteiger partial charge in [0.2, 0.25) is 5.71 Å². The summed E-state index contributed by atoms with van der Waals surface area (Å²) in [5.41, 5.74) is 3.03. The van der Waals surface area contributed by atoms with Crippen molar-refractivity contribution >= 4 is 43.6 Å². The summed E-state index contributed by atoms with van der Waals surface area (Å²) in [6, 6.07) is 18.2. The Morgan fingerprint density at radius 2 is 1.68 bits per heavy atom. The first kappa shape index (κ1) is 16.2. The molecule has 37 heavy (non-hydrogen) atoms. The van der Waals surface area contributed by atoms with E-state index < -0.39 is 20.1 Å². The lowest BCUT2D eigenvalue weighted by molar-refractivity contribution is 0.596. The molecule has 2 heterocycles. The molecule has 0 aliphatic carbocycles. The highest BCUT2D eigenvalue weighted by Gasteiger charge is 2.22. The van der Waals surface area contributed by atoms with Crippen molar-refractivity contribution in [1.82, 2.24) is 9.97 Å². The van der Waals surface area contributed by atoms with E-state index in [2.05, 4.69) is 30.7 Å². The summed E-state index contributed by atoms with van der Waals surface area (Å²) in [5, 5.41) is 4.38. The van der Waals surface area contributed by atoms with Crippen LogP contribution in [0.5, 0.6) is 0 Å². The highest BCUT2D eigenvalue weighted by Crippen LogP contribution is 2.41. The Morgan fingerprint density at radius 1 is 0.865 bits per heavy atom. The molecule has 0 atom stereocenters. The van der Waals surface area contributed by atoms with Crippen LogP contribution in [0.2, 0.25) is 0 Å². The van der Waals surface area contributed by atoms with Crippen LogP contribution in [-0.4, -0.2) is 9.97 Å². The lowest BCUT2D eigenvalue weighted by atomic mass is 9.82. The molecule has 0 fully saturated rings. The van der Waals surface area contributed by atoms with E-state index in [1.54, 1.807) is 18.2 Å². The van der Waals surface area contributed by atoms with E-state index in [0.717, 1.165) is 21.7 Å². The number of rotatable bonds is 3. The van der Waals surface area contributed by atoms with Crippen molar-refractivity contribution in [3.8, 4) is 11.3 Å². The van der Waals surface area contributed by atoms with Gasteiger partial charge in [-0.15, -0.1) is 0 Å². The maximum atomic E-state index is 8.56. The van der Waals surface area contributed by atoms with Gasteiger partial charge >= 0.3 is 0 Å². The fourth-order valence-corrected chi connectivity index (χ4v) is 5.22. The molecule has 3 nitrogen and oxygen atoms in total. The SMILES string of the molecule is [2H]C([2H])([2H])c1ccc2c(C(C)(C)C)cc(-c3nc(C([2H])([2H])[2H])nc4oc5c6ccc(C([2H])([2H])C(C)C)cc6ccc5c34)cc2c1. The largest absolute Gasteiger partial charge is 0.437 e. The summed E-state index contributed by atoms with van der Waals surface area (Å²) in [5.74, 6) is -0.578. The van der Waals surface area contributed by atoms with Crippen molar-refractivity contribution in [2.45, 2.75) is 60.1 Å². The Bertz CT molecular complexity index is 2130. The Balaban J connectivity index is 1.70. The van der Waals surface area contributed by atoms with Crippen molar-refractivity contribution in [2.75, 3.05) is 0 Å². The predicted octanol–water partition coefficient (Wildman–Crippen LogP) is 9.46. The third-order valence-electron chi connectivity index (χ3n) is 6.80. The molecule has 3 heteroatoms. The first-order valence-electron chi connectivity index (χ1n) is 16.5. The average molecular weight is 495 g/mol. The zero-order valence-corrected chi connectivity index (χ0v) is 21.7. The van der Waals surface area contributed by atoms with E-state index >= 15 is 0 Å². The number of hydrogen-bond acceptors (Lipinski definition) is 3. The van der Waals surface area contributed by atoms with Gasteiger partial charge in [-0.3, -0.25) is 0 Å². The van der Waals surface area contributed by atoms with Gasteiger partial charge in [0.1, 0.15) is 11.4 Å². The number of benzene rings is 4. The summed E-state index contributed by atoms with van der Waals surface area (Å²) in [6.45, 7) is 5.00. The maximum absolute atomic E-state index is 8.56. The van der Waals surface area contributed by atoms with Gasteiger partial charge in [0, 0.05) is 27.3 Å². The van der Waals surface area contributed by atoms with Crippen LogP contribution < -0.4 is 0 Å². The van der Waals surface area contributed by atoms with Gasteiger partial charge in [-0.2, -0.15) is 4.98 Å². The van der Waals surface area contributed by atoms with Crippen LogP contribution >= 0.6 is 0 Å². The summed E-state index contributed by atoms with van der Waals surface area (Å²) in [4.78, 5) is 8.98. The van der Waals surface area contributed by atoms with Crippen LogP contribution in [0.25, 0.3) is 54.9 Å². The second-order valence-corrected chi connectivity index (χ2v) is 11.1. The maximum Gasteiger partial charge on any atom is 0.231 e. The molecule has 2 aromatic heterocycles. The lowest BCUT2D eigenvalue weighted by Crippen LogP contribution is -2.12. The van der Waals surface area contributed by atoms with Crippen LogP contribution in [0.15, 0.2) is 65.1 Å². The van der Waals surface area contributed by atoms with Gasteiger partial charge in [0.25, 0.3) is 0 Å². The summed E-state index contributed by atoms with van der Waals surface area (Å²) >= 11 is 0. The molecule has 0 saturated heterocycles. The van der Waals surface area contributed by atoms with Crippen molar-refractivity contribution in [2.24, 2.45) is 5.92 Å². The first-order chi connectivity index (χ1) is 20.8. The molecular formula is C34H34N2O. The summed E-state index contributed by atoms with van der Waals surface area (Å²) in [6.07, 6.45) is -1.52. The zero-order valence-electron chi connectivity index (χ0n) is 29.7. The molecule has 0 spiro atoms. The van der Waals surface area contributed by atoms with E-state index in [4.69, 9.17) is 15.4 Å². The van der Waals surface area contributed by atoms with E-state index in [-0.39, 0.29) is 28.4 Å². The molecule has 0 radical (unpaired) electrons. The molecular weight excluding hydrogens is 452 g/mol. The number of furan rings is 1. The van der Waals surface area contributed by atoms with E-state index in [1.165, 1.54) is 0 Å². The molecule has 0 aliphatic heterocycles. The highest BCUT2D eigenvalue weighted by atomic mass is 16.3.